The number of pyridine rings is 1. The predicted molar refractivity (Wildman–Crippen MR) is 110 cm³/mol. The van der Waals surface area contributed by atoms with Crippen LogP contribution in [0.25, 0.3) is 11.2 Å². The van der Waals surface area contributed by atoms with Gasteiger partial charge in [-0.1, -0.05) is 24.3 Å². The molecule has 1 aliphatic heterocycles. The highest BCUT2D eigenvalue weighted by Gasteiger charge is 2.26. The first kappa shape index (κ1) is 19.9. The monoisotopic (exact) mass is 408 g/mol. The average Bonchev–Trinajstić information content (AvgIpc) is 3.07. The maximum atomic E-state index is 12.7. The maximum absolute atomic E-state index is 12.7. The third-order valence-electron chi connectivity index (χ3n) is 5.37. The van der Waals surface area contributed by atoms with Crippen LogP contribution in [-0.4, -0.2) is 45.1 Å². The lowest BCUT2D eigenvalue weighted by atomic mass is 9.90. The number of rotatable bonds is 6. The predicted octanol–water partition coefficient (Wildman–Crippen LogP) is 3.33. The molecule has 0 saturated heterocycles. The molecule has 4 rings (SSSR count). The second-order valence-corrected chi connectivity index (χ2v) is 7.47. The normalized spacial score (nSPS) is 16.1. The van der Waals surface area contributed by atoms with E-state index in [1.807, 2.05) is 36.4 Å². The van der Waals surface area contributed by atoms with Crippen LogP contribution in [0.4, 0.5) is 4.79 Å². The number of benzene rings is 1. The molecule has 0 bridgehead atoms. The number of aryl methyl sites for hydroxylation is 1. The number of carbonyl (C=O) groups is 2. The summed E-state index contributed by atoms with van der Waals surface area (Å²) in [6, 6.07) is 11.3. The van der Waals surface area contributed by atoms with Crippen molar-refractivity contribution in [1.29, 1.82) is 0 Å². The lowest BCUT2D eigenvalue weighted by Crippen LogP contribution is -2.40. The Morgan fingerprint density at radius 1 is 1.23 bits per heavy atom. The molecule has 0 spiro atoms. The molecule has 0 radical (unpaired) electrons. The summed E-state index contributed by atoms with van der Waals surface area (Å²) in [6.45, 7) is 1.51. The number of carbonyl (C=O) groups excluding carboxylic acids is 1. The number of hydrogen-bond acceptors (Lipinski definition) is 5. The van der Waals surface area contributed by atoms with Gasteiger partial charge in [0.25, 0.3) is 0 Å². The summed E-state index contributed by atoms with van der Waals surface area (Å²) < 4.78 is 5.60. The van der Waals surface area contributed by atoms with Crippen LogP contribution >= 0.6 is 0 Å². The second kappa shape index (κ2) is 8.94. The summed E-state index contributed by atoms with van der Waals surface area (Å²) in [5.41, 5.74) is 3.29. The zero-order chi connectivity index (χ0) is 20.9. The van der Waals surface area contributed by atoms with E-state index < -0.39 is 5.97 Å². The first-order valence-electron chi connectivity index (χ1n) is 10.1. The topological polar surface area (TPSA) is 109 Å². The Morgan fingerprint density at radius 2 is 2.10 bits per heavy atom. The Morgan fingerprint density at radius 3 is 2.93 bits per heavy atom. The number of nitrogens with one attached hydrogen (secondary N) is 1. The van der Waals surface area contributed by atoms with Crippen molar-refractivity contribution in [3.05, 3.63) is 59.6 Å². The van der Waals surface area contributed by atoms with Gasteiger partial charge in [0.2, 0.25) is 5.71 Å². The molecule has 3 heterocycles. The number of amides is 2. The molecule has 1 aromatic carbocycles. The van der Waals surface area contributed by atoms with E-state index in [0.717, 1.165) is 16.6 Å². The van der Waals surface area contributed by atoms with Crippen molar-refractivity contribution in [1.82, 2.24) is 20.2 Å². The molecule has 30 heavy (non-hydrogen) atoms. The number of carboxylic acid groups (broad SMARTS) is 1. The van der Waals surface area contributed by atoms with Crippen LogP contribution in [0.2, 0.25) is 0 Å². The fourth-order valence-corrected chi connectivity index (χ4v) is 3.89. The van der Waals surface area contributed by atoms with E-state index in [1.165, 1.54) is 0 Å². The highest BCUT2D eigenvalue weighted by atomic mass is 16.4. The van der Waals surface area contributed by atoms with Crippen LogP contribution in [0.5, 0.6) is 0 Å². The van der Waals surface area contributed by atoms with E-state index in [0.29, 0.717) is 50.5 Å². The van der Waals surface area contributed by atoms with Crippen LogP contribution in [0.15, 0.2) is 47.0 Å². The third-order valence-corrected chi connectivity index (χ3v) is 5.37. The molecule has 0 fully saturated rings. The first-order chi connectivity index (χ1) is 14.6. The van der Waals surface area contributed by atoms with Gasteiger partial charge < -0.3 is 19.7 Å². The SMILES string of the molecule is O=C(O)CC1CCN(C(=O)NCCCc2nc3cccnc3o2)Cc2ccccc21. The highest BCUT2D eigenvalue weighted by molar-refractivity contribution is 5.74. The Bertz CT molecular complexity index is 1020. The van der Waals surface area contributed by atoms with E-state index in [1.54, 1.807) is 11.1 Å². The molecule has 0 saturated carbocycles. The van der Waals surface area contributed by atoms with Crippen molar-refractivity contribution in [2.45, 2.75) is 38.1 Å². The third kappa shape index (κ3) is 4.59. The minimum atomic E-state index is -0.817. The standard InChI is InChI=1S/C22H24N4O4/c27-20(28)13-15-9-12-26(14-16-5-1-2-6-17(15)16)22(29)24-11-4-8-19-25-18-7-3-10-23-21(18)30-19/h1-3,5-7,10,15H,4,8-9,11-14H2,(H,24,29)(H,27,28). The lowest BCUT2D eigenvalue weighted by Gasteiger charge is -2.21. The number of carboxylic acids is 1. The molecule has 3 aromatic rings. The van der Waals surface area contributed by atoms with Gasteiger partial charge in [-0.25, -0.2) is 14.8 Å². The molecular weight excluding hydrogens is 384 g/mol. The average molecular weight is 408 g/mol. The van der Waals surface area contributed by atoms with Gasteiger partial charge in [0.15, 0.2) is 5.89 Å². The summed E-state index contributed by atoms with van der Waals surface area (Å²) in [6.07, 6.45) is 3.68. The molecule has 2 N–H and O–H groups in total. The van der Waals surface area contributed by atoms with Crippen LogP contribution in [-0.2, 0) is 17.8 Å². The summed E-state index contributed by atoms with van der Waals surface area (Å²) in [5.74, 6) is -0.287. The Balaban J connectivity index is 1.31. The molecule has 156 valence electrons. The van der Waals surface area contributed by atoms with Gasteiger partial charge in [0, 0.05) is 32.3 Å². The van der Waals surface area contributed by atoms with Gasteiger partial charge >= 0.3 is 12.0 Å². The first-order valence-corrected chi connectivity index (χ1v) is 10.1. The summed E-state index contributed by atoms with van der Waals surface area (Å²) in [5, 5.41) is 12.2. The minimum absolute atomic E-state index is 0.0752. The summed E-state index contributed by atoms with van der Waals surface area (Å²) >= 11 is 0. The van der Waals surface area contributed by atoms with Gasteiger partial charge in [0.1, 0.15) is 5.52 Å². The van der Waals surface area contributed by atoms with E-state index in [-0.39, 0.29) is 18.4 Å². The molecule has 8 nitrogen and oxygen atoms in total. The number of aromatic nitrogens is 2. The molecule has 2 aromatic heterocycles. The maximum Gasteiger partial charge on any atom is 0.317 e. The van der Waals surface area contributed by atoms with E-state index >= 15 is 0 Å². The zero-order valence-electron chi connectivity index (χ0n) is 16.6. The number of fused-ring (bicyclic) bond motifs is 2. The Labute approximate surface area is 173 Å². The fourth-order valence-electron chi connectivity index (χ4n) is 3.89. The molecule has 2 amide bonds. The molecule has 1 atom stereocenters. The van der Waals surface area contributed by atoms with E-state index in [9.17, 15) is 14.7 Å². The largest absolute Gasteiger partial charge is 0.481 e. The highest BCUT2D eigenvalue weighted by Crippen LogP contribution is 2.31. The van der Waals surface area contributed by atoms with Crippen LogP contribution < -0.4 is 5.32 Å². The van der Waals surface area contributed by atoms with Gasteiger partial charge in [0.05, 0.1) is 6.42 Å². The fraction of sp³-hybridized carbons (Fsp3) is 0.364. The minimum Gasteiger partial charge on any atom is -0.481 e. The Hall–Kier alpha value is -3.42. The van der Waals surface area contributed by atoms with E-state index in [4.69, 9.17) is 4.42 Å². The molecule has 1 aliphatic rings. The summed E-state index contributed by atoms with van der Waals surface area (Å²) in [4.78, 5) is 34.2. The smallest absolute Gasteiger partial charge is 0.317 e. The van der Waals surface area contributed by atoms with Gasteiger partial charge in [-0.3, -0.25) is 4.79 Å². The van der Waals surface area contributed by atoms with Crippen LogP contribution in [0.1, 0.15) is 42.2 Å². The quantitative estimate of drug-likeness (QED) is 0.606. The molecule has 1 unspecified atom stereocenters. The van der Waals surface area contributed by atoms with Crippen molar-refractivity contribution < 1.29 is 19.1 Å². The van der Waals surface area contributed by atoms with Gasteiger partial charge in [-0.05, 0) is 42.0 Å². The summed E-state index contributed by atoms with van der Waals surface area (Å²) in [7, 11) is 0. The molecule has 8 heteroatoms. The van der Waals surface area contributed by atoms with Crippen molar-refractivity contribution in [3.63, 3.8) is 0 Å². The van der Waals surface area contributed by atoms with Crippen molar-refractivity contribution in [3.8, 4) is 0 Å². The number of nitrogens with zero attached hydrogens (tertiary/aromatic N) is 3. The number of aliphatic carboxylic acids is 1. The van der Waals surface area contributed by atoms with Crippen molar-refractivity contribution in [2.75, 3.05) is 13.1 Å². The Kier molecular flexibility index (Phi) is 5.92. The van der Waals surface area contributed by atoms with Crippen molar-refractivity contribution >= 4 is 23.2 Å². The number of urea groups is 1. The van der Waals surface area contributed by atoms with Gasteiger partial charge in [-0.2, -0.15) is 0 Å². The second-order valence-electron chi connectivity index (χ2n) is 7.47. The van der Waals surface area contributed by atoms with Crippen LogP contribution in [0, 0.1) is 0 Å². The molecular formula is C22H24N4O4. The van der Waals surface area contributed by atoms with E-state index in [2.05, 4.69) is 15.3 Å². The van der Waals surface area contributed by atoms with Gasteiger partial charge in [-0.15, -0.1) is 0 Å². The van der Waals surface area contributed by atoms with Crippen molar-refractivity contribution in [2.24, 2.45) is 0 Å². The van der Waals surface area contributed by atoms with Crippen LogP contribution in [0.3, 0.4) is 0 Å². The zero-order valence-corrected chi connectivity index (χ0v) is 16.6. The number of oxazole rings is 1. The lowest BCUT2D eigenvalue weighted by molar-refractivity contribution is -0.137. The molecule has 0 aliphatic carbocycles. The number of hydrogen-bond donors (Lipinski definition) is 2.